The predicted octanol–water partition coefficient (Wildman–Crippen LogP) is 2.81. The van der Waals surface area contributed by atoms with E-state index in [0.717, 1.165) is 11.3 Å². The van der Waals surface area contributed by atoms with Crippen LogP contribution in [-0.4, -0.2) is 17.1 Å². The Kier molecular flexibility index (Phi) is 2.99. The molecule has 0 spiro atoms. The molecule has 78 valence electrons. The number of methoxy groups -OCH3 is 1. The van der Waals surface area contributed by atoms with Crippen LogP contribution in [0.2, 0.25) is 0 Å². The van der Waals surface area contributed by atoms with Crippen molar-refractivity contribution in [1.82, 2.24) is 9.97 Å². The topological polar surface area (TPSA) is 40.8 Å². The minimum atomic E-state index is -0.0980. The van der Waals surface area contributed by atoms with E-state index in [4.69, 9.17) is 17.0 Å². The van der Waals surface area contributed by atoms with Gasteiger partial charge < -0.3 is 14.7 Å². The Morgan fingerprint density at radius 3 is 2.53 bits per heavy atom. The summed E-state index contributed by atoms with van der Waals surface area (Å²) in [5, 5.41) is 0. The van der Waals surface area contributed by atoms with Crippen LogP contribution in [-0.2, 0) is 4.74 Å². The van der Waals surface area contributed by atoms with E-state index < -0.39 is 0 Å². The van der Waals surface area contributed by atoms with Gasteiger partial charge in [-0.15, -0.1) is 0 Å². The lowest BCUT2D eigenvalue weighted by atomic mass is 10.1. The van der Waals surface area contributed by atoms with Crippen LogP contribution in [0.4, 0.5) is 0 Å². The number of aromatic nitrogens is 2. The number of nitrogens with one attached hydrogen (secondary N) is 2. The Balaban J connectivity index is 2.37. The van der Waals surface area contributed by atoms with Gasteiger partial charge in [0.15, 0.2) is 4.77 Å². The highest BCUT2D eigenvalue weighted by atomic mass is 32.1. The SMILES string of the molecule is COC(c1ccccc1)c1c[nH]c(=S)[nH]1. The molecular formula is C11H12N2OS. The van der Waals surface area contributed by atoms with Crippen LogP contribution in [0.5, 0.6) is 0 Å². The fraction of sp³-hybridized carbons (Fsp3) is 0.182. The summed E-state index contributed by atoms with van der Waals surface area (Å²) in [5.74, 6) is 0. The molecule has 0 fully saturated rings. The average molecular weight is 220 g/mol. The zero-order valence-corrected chi connectivity index (χ0v) is 9.17. The van der Waals surface area contributed by atoms with E-state index in [0.29, 0.717) is 4.77 Å². The molecule has 1 aromatic carbocycles. The summed E-state index contributed by atoms with van der Waals surface area (Å²) in [6.45, 7) is 0. The van der Waals surface area contributed by atoms with Gasteiger partial charge in [-0.2, -0.15) is 0 Å². The van der Waals surface area contributed by atoms with Gasteiger partial charge in [0, 0.05) is 13.3 Å². The molecule has 15 heavy (non-hydrogen) atoms. The first-order chi connectivity index (χ1) is 7.31. The molecule has 3 nitrogen and oxygen atoms in total. The Hall–Kier alpha value is -1.39. The number of hydrogen-bond acceptors (Lipinski definition) is 2. The van der Waals surface area contributed by atoms with Crippen molar-refractivity contribution in [3.63, 3.8) is 0 Å². The van der Waals surface area contributed by atoms with Crippen molar-refractivity contribution in [2.24, 2.45) is 0 Å². The Morgan fingerprint density at radius 1 is 1.27 bits per heavy atom. The highest BCUT2D eigenvalue weighted by molar-refractivity contribution is 7.71. The van der Waals surface area contributed by atoms with Gasteiger partial charge >= 0.3 is 0 Å². The number of H-pyrrole nitrogens is 2. The van der Waals surface area contributed by atoms with E-state index in [1.807, 2.05) is 36.5 Å². The molecule has 2 N–H and O–H groups in total. The Labute approximate surface area is 93.1 Å². The molecule has 1 heterocycles. The molecule has 0 aliphatic rings. The number of aromatic amines is 2. The third kappa shape index (κ3) is 2.16. The fourth-order valence-corrected chi connectivity index (χ4v) is 1.74. The van der Waals surface area contributed by atoms with Crippen LogP contribution in [0.25, 0.3) is 0 Å². The number of rotatable bonds is 3. The van der Waals surface area contributed by atoms with Crippen molar-refractivity contribution in [1.29, 1.82) is 0 Å². The monoisotopic (exact) mass is 220 g/mol. The molecule has 1 atom stereocenters. The van der Waals surface area contributed by atoms with Crippen molar-refractivity contribution in [3.8, 4) is 0 Å². The molecule has 2 rings (SSSR count). The second kappa shape index (κ2) is 4.42. The van der Waals surface area contributed by atoms with E-state index in [-0.39, 0.29) is 6.10 Å². The zero-order chi connectivity index (χ0) is 10.7. The average Bonchev–Trinajstić information content (AvgIpc) is 2.68. The first-order valence-corrected chi connectivity index (χ1v) is 5.07. The van der Waals surface area contributed by atoms with Crippen LogP contribution >= 0.6 is 12.2 Å². The molecular weight excluding hydrogens is 208 g/mol. The van der Waals surface area contributed by atoms with Crippen LogP contribution in [0.1, 0.15) is 17.4 Å². The van der Waals surface area contributed by atoms with Crippen molar-refractivity contribution < 1.29 is 4.74 Å². The molecule has 1 unspecified atom stereocenters. The van der Waals surface area contributed by atoms with Gasteiger partial charge in [0.05, 0.1) is 5.69 Å². The van der Waals surface area contributed by atoms with E-state index in [1.54, 1.807) is 7.11 Å². The third-order valence-corrected chi connectivity index (χ3v) is 2.46. The summed E-state index contributed by atoms with van der Waals surface area (Å²) in [7, 11) is 1.68. The van der Waals surface area contributed by atoms with Crippen LogP contribution in [0, 0.1) is 4.77 Å². The molecule has 0 saturated heterocycles. The quantitative estimate of drug-likeness (QED) is 0.781. The molecule has 2 aromatic rings. The Morgan fingerprint density at radius 2 is 2.00 bits per heavy atom. The number of imidazole rings is 1. The first-order valence-electron chi connectivity index (χ1n) is 4.66. The lowest BCUT2D eigenvalue weighted by Gasteiger charge is -2.13. The number of ether oxygens (including phenoxy) is 1. The third-order valence-electron chi connectivity index (χ3n) is 2.24. The maximum Gasteiger partial charge on any atom is 0.174 e. The lowest BCUT2D eigenvalue weighted by Crippen LogP contribution is -2.03. The first kappa shape index (κ1) is 10.1. The second-order valence-electron chi connectivity index (χ2n) is 3.22. The zero-order valence-electron chi connectivity index (χ0n) is 8.36. The van der Waals surface area contributed by atoms with Crippen molar-refractivity contribution in [2.45, 2.75) is 6.10 Å². The van der Waals surface area contributed by atoms with Gasteiger partial charge in [-0.05, 0) is 17.8 Å². The largest absolute Gasteiger partial charge is 0.370 e. The van der Waals surface area contributed by atoms with Gasteiger partial charge in [-0.1, -0.05) is 30.3 Å². The van der Waals surface area contributed by atoms with Gasteiger partial charge in [0.1, 0.15) is 6.10 Å². The van der Waals surface area contributed by atoms with Crippen LogP contribution < -0.4 is 0 Å². The van der Waals surface area contributed by atoms with Crippen molar-refractivity contribution in [3.05, 3.63) is 52.6 Å². The summed E-state index contributed by atoms with van der Waals surface area (Å²) in [6, 6.07) is 10.0. The van der Waals surface area contributed by atoms with Crippen LogP contribution in [0.15, 0.2) is 36.5 Å². The number of hydrogen-bond donors (Lipinski definition) is 2. The summed E-state index contributed by atoms with van der Waals surface area (Å²) in [4.78, 5) is 5.99. The molecule has 1 aromatic heterocycles. The highest BCUT2D eigenvalue weighted by Gasteiger charge is 2.13. The maximum atomic E-state index is 5.44. The molecule has 0 amide bonds. The predicted molar refractivity (Wildman–Crippen MR) is 61.3 cm³/mol. The summed E-state index contributed by atoms with van der Waals surface area (Å²) < 4.78 is 6.05. The Bertz CT molecular complexity index is 475. The smallest absolute Gasteiger partial charge is 0.174 e. The number of benzene rings is 1. The summed E-state index contributed by atoms with van der Waals surface area (Å²) in [5.41, 5.74) is 2.04. The molecule has 0 aliphatic carbocycles. The van der Waals surface area contributed by atoms with Crippen molar-refractivity contribution in [2.75, 3.05) is 7.11 Å². The molecule has 0 saturated carbocycles. The maximum absolute atomic E-state index is 5.44. The highest BCUT2D eigenvalue weighted by Crippen LogP contribution is 2.22. The molecule has 0 aliphatic heterocycles. The summed E-state index contributed by atoms with van der Waals surface area (Å²) >= 11 is 4.98. The molecule has 0 radical (unpaired) electrons. The second-order valence-corrected chi connectivity index (χ2v) is 3.63. The minimum absolute atomic E-state index is 0.0980. The van der Waals surface area contributed by atoms with Gasteiger partial charge in [-0.25, -0.2) is 0 Å². The fourth-order valence-electron chi connectivity index (χ4n) is 1.56. The van der Waals surface area contributed by atoms with E-state index in [2.05, 4.69) is 9.97 Å². The van der Waals surface area contributed by atoms with E-state index in [9.17, 15) is 0 Å². The lowest BCUT2D eigenvalue weighted by molar-refractivity contribution is 0.133. The van der Waals surface area contributed by atoms with Crippen LogP contribution in [0.3, 0.4) is 0 Å². The van der Waals surface area contributed by atoms with Gasteiger partial charge in [-0.3, -0.25) is 0 Å². The molecule has 4 heteroatoms. The van der Waals surface area contributed by atoms with Gasteiger partial charge in [0.25, 0.3) is 0 Å². The summed E-state index contributed by atoms with van der Waals surface area (Å²) in [6.07, 6.45) is 1.74. The molecule has 0 bridgehead atoms. The van der Waals surface area contributed by atoms with E-state index in [1.165, 1.54) is 0 Å². The van der Waals surface area contributed by atoms with Crippen molar-refractivity contribution >= 4 is 12.2 Å². The normalized spacial score (nSPS) is 12.6. The minimum Gasteiger partial charge on any atom is -0.370 e. The van der Waals surface area contributed by atoms with Gasteiger partial charge in [0.2, 0.25) is 0 Å². The standard InChI is InChI=1S/C11H12N2OS/c1-14-10(8-5-3-2-4-6-8)9-7-12-11(15)13-9/h2-7,10H,1H3,(H2,12,13,15). The van der Waals surface area contributed by atoms with E-state index >= 15 is 0 Å².